The molecule has 28 heavy (non-hydrogen) atoms. The van der Waals surface area contributed by atoms with Crippen molar-refractivity contribution in [1.29, 1.82) is 0 Å². The molecule has 7 heteroatoms. The van der Waals surface area contributed by atoms with Crippen LogP contribution in [0.3, 0.4) is 0 Å². The molecule has 0 radical (unpaired) electrons. The van der Waals surface area contributed by atoms with E-state index >= 15 is 0 Å². The summed E-state index contributed by atoms with van der Waals surface area (Å²) in [6, 6.07) is 9.74. The Balaban J connectivity index is 1.65. The molecule has 0 bridgehead atoms. The zero-order valence-electron chi connectivity index (χ0n) is 15.6. The van der Waals surface area contributed by atoms with Gasteiger partial charge in [-0.25, -0.2) is 4.98 Å². The van der Waals surface area contributed by atoms with Crippen molar-refractivity contribution in [3.63, 3.8) is 0 Å². The summed E-state index contributed by atoms with van der Waals surface area (Å²) in [6.07, 6.45) is 5.93. The molecule has 1 aromatic carbocycles. The lowest BCUT2D eigenvalue weighted by atomic mass is 10.1. The first-order valence-corrected chi connectivity index (χ1v) is 9.54. The molecule has 0 aliphatic heterocycles. The zero-order valence-corrected chi connectivity index (χ0v) is 16.4. The molecule has 0 unspecified atom stereocenters. The molecule has 0 saturated carbocycles. The number of aromatic nitrogens is 2. The minimum absolute atomic E-state index is 0.391. The van der Waals surface area contributed by atoms with Gasteiger partial charge in [-0.05, 0) is 36.8 Å². The first-order chi connectivity index (χ1) is 13.5. The maximum Gasteiger partial charge on any atom is 0.169 e. The van der Waals surface area contributed by atoms with Crippen LogP contribution in [0.5, 0.6) is 5.75 Å². The molecule has 3 rings (SSSR count). The maximum atomic E-state index is 5.86. The third-order valence-electron chi connectivity index (χ3n) is 3.84. The average molecular weight is 394 g/mol. The summed E-state index contributed by atoms with van der Waals surface area (Å²) in [5.74, 6) is 1.36. The van der Waals surface area contributed by atoms with Crippen LogP contribution >= 0.6 is 11.3 Å². The van der Waals surface area contributed by atoms with Crippen LogP contribution in [0.2, 0.25) is 0 Å². The molecule has 6 nitrogen and oxygen atoms in total. The molecule has 0 aliphatic rings. The average Bonchev–Trinajstić information content (AvgIpc) is 3.33. The smallest absolute Gasteiger partial charge is 0.169 e. The predicted molar refractivity (Wildman–Crippen MR) is 111 cm³/mol. The Kier molecular flexibility index (Phi) is 6.29. The highest BCUT2D eigenvalue weighted by molar-refractivity contribution is 7.09. The highest BCUT2D eigenvalue weighted by Crippen LogP contribution is 2.22. The lowest BCUT2D eigenvalue weighted by Crippen LogP contribution is -1.98. The van der Waals surface area contributed by atoms with E-state index in [-0.39, 0.29) is 0 Å². The van der Waals surface area contributed by atoms with Crippen LogP contribution in [0, 0.1) is 0 Å². The fraction of sp³-hybridized carbons (Fsp3) is 0.143. The van der Waals surface area contributed by atoms with E-state index in [2.05, 4.69) is 16.7 Å². The molecular weight excluding hydrogens is 372 g/mol. The van der Waals surface area contributed by atoms with Crippen LogP contribution in [-0.4, -0.2) is 10.1 Å². The highest BCUT2D eigenvalue weighted by atomic mass is 32.1. The molecule has 0 atom stereocenters. The molecule has 2 aromatic heterocycles. The minimum Gasteiger partial charge on any atom is -0.486 e. The van der Waals surface area contributed by atoms with E-state index in [1.165, 1.54) is 0 Å². The summed E-state index contributed by atoms with van der Waals surface area (Å²) in [6.45, 7) is 6.05. The largest absolute Gasteiger partial charge is 0.486 e. The molecule has 144 valence electrons. The number of hydrogen-bond donors (Lipinski definition) is 2. The fourth-order valence-electron chi connectivity index (χ4n) is 2.47. The Hall–Kier alpha value is -3.32. The Labute approximate surface area is 167 Å². The van der Waals surface area contributed by atoms with Crippen LogP contribution in [-0.2, 0) is 13.0 Å². The van der Waals surface area contributed by atoms with Crippen molar-refractivity contribution in [2.24, 2.45) is 11.5 Å². The van der Waals surface area contributed by atoms with Gasteiger partial charge in [0.2, 0.25) is 0 Å². The number of hydrogen-bond acceptors (Lipinski definition) is 7. The first kappa shape index (κ1) is 19.4. The number of benzene rings is 1. The SMILES string of the molecule is C=C(N)/C(=C\C=C(/C)N)c1cc(Cc2ccc(OCc3nccs3)cc2)no1. The number of thiazole rings is 1. The third kappa shape index (κ3) is 5.34. The molecule has 3 aromatic rings. The Morgan fingerprint density at radius 2 is 2.04 bits per heavy atom. The second-order valence-electron chi connectivity index (χ2n) is 6.23. The van der Waals surface area contributed by atoms with Gasteiger partial charge in [0.15, 0.2) is 5.76 Å². The van der Waals surface area contributed by atoms with E-state index in [1.54, 1.807) is 36.6 Å². The van der Waals surface area contributed by atoms with Gasteiger partial charge >= 0.3 is 0 Å². The standard InChI is InChI=1S/C21H22N4O2S/c1-14(22)3-8-19(15(2)23)20-12-17(25-27-20)11-16-4-6-18(7-5-16)26-13-21-24-9-10-28-21/h3-10,12H,2,11,13,22-23H2,1H3/b14-3+,19-8+. The summed E-state index contributed by atoms with van der Waals surface area (Å²) >= 11 is 1.57. The lowest BCUT2D eigenvalue weighted by molar-refractivity contribution is 0.305. The predicted octanol–water partition coefficient (Wildman–Crippen LogP) is 4.02. The van der Waals surface area contributed by atoms with Crippen molar-refractivity contribution in [3.8, 4) is 5.75 Å². The number of ether oxygens (including phenoxy) is 1. The van der Waals surface area contributed by atoms with Crippen LogP contribution in [0.1, 0.15) is 28.9 Å². The van der Waals surface area contributed by atoms with Crippen LogP contribution in [0.15, 0.2) is 76.6 Å². The van der Waals surface area contributed by atoms with E-state index in [0.717, 1.165) is 22.0 Å². The van der Waals surface area contributed by atoms with Gasteiger partial charge in [-0.15, -0.1) is 11.3 Å². The fourth-order valence-corrected chi connectivity index (χ4v) is 2.99. The van der Waals surface area contributed by atoms with Crippen LogP contribution < -0.4 is 16.2 Å². The van der Waals surface area contributed by atoms with Gasteiger partial charge in [0.25, 0.3) is 0 Å². The second-order valence-corrected chi connectivity index (χ2v) is 7.21. The molecule has 0 amide bonds. The lowest BCUT2D eigenvalue weighted by Gasteiger charge is -2.05. The molecular formula is C21H22N4O2S. The van der Waals surface area contributed by atoms with E-state index in [1.807, 2.05) is 35.7 Å². The number of nitrogens with two attached hydrogens (primary N) is 2. The maximum absolute atomic E-state index is 5.86. The van der Waals surface area contributed by atoms with E-state index in [9.17, 15) is 0 Å². The normalized spacial score (nSPS) is 12.2. The van der Waals surface area contributed by atoms with Gasteiger partial charge in [0.1, 0.15) is 17.4 Å². The quantitative estimate of drug-likeness (QED) is 0.560. The monoisotopic (exact) mass is 394 g/mol. The highest BCUT2D eigenvalue weighted by Gasteiger charge is 2.11. The molecule has 0 fully saturated rings. The number of rotatable bonds is 8. The van der Waals surface area contributed by atoms with Crippen LogP contribution in [0.4, 0.5) is 0 Å². The van der Waals surface area contributed by atoms with Gasteiger partial charge in [-0.3, -0.25) is 0 Å². The molecule has 0 spiro atoms. The first-order valence-electron chi connectivity index (χ1n) is 8.66. The summed E-state index contributed by atoms with van der Waals surface area (Å²) < 4.78 is 11.2. The zero-order chi connectivity index (χ0) is 19.9. The van der Waals surface area contributed by atoms with Crippen molar-refractivity contribution < 1.29 is 9.26 Å². The van der Waals surface area contributed by atoms with Gasteiger partial charge in [0.05, 0.1) is 5.69 Å². The van der Waals surface area contributed by atoms with Gasteiger partial charge in [-0.1, -0.05) is 23.9 Å². The second kappa shape index (κ2) is 9.05. The number of allylic oxidation sites excluding steroid dienone is 4. The van der Waals surface area contributed by atoms with Crippen molar-refractivity contribution >= 4 is 16.9 Å². The Bertz CT molecular complexity index is 982. The summed E-state index contributed by atoms with van der Waals surface area (Å²) in [5.41, 5.74) is 15.1. The Morgan fingerprint density at radius 1 is 1.25 bits per heavy atom. The molecule has 0 aliphatic carbocycles. The number of nitrogens with zero attached hydrogens (tertiary/aromatic N) is 2. The Morgan fingerprint density at radius 3 is 2.68 bits per heavy atom. The van der Waals surface area contributed by atoms with Gasteiger partial charge < -0.3 is 20.7 Å². The van der Waals surface area contributed by atoms with Crippen LogP contribution in [0.25, 0.3) is 5.57 Å². The summed E-state index contributed by atoms with van der Waals surface area (Å²) in [7, 11) is 0. The van der Waals surface area contributed by atoms with Crippen molar-refractivity contribution in [1.82, 2.24) is 10.1 Å². The van der Waals surface area contributed by atoms with E-state index < -0.39 is 0 Å². The molecule has 0 saturated heterocycles. The van der Waals surface area contributed by atoms with Crippen molar-refractivity contribution in [2.45, 2.75) is 20.0 Å². The van der Waals surface area contributed by atoms with Gasteiger partial charge in [-0.2, -0.15) is 0 Å². The summed E-state index contributed by atoms with van der Waals surface area (Å²) in [5, 5.41) is 7.01. The molecule has 4 N–H and O–H groups in total. The molecule has 2 heterocycles. The van der Waals surface area contributed by atoms with Crippen molar-refractivity contribution in [2.75, 3.05) is 0 Å². The minimum atomic E-state index is 0.391. The van der Waals surface area contributed by atoms with E-state index in [4.69, 9.17) is 20.7 Å². The summed E-state index contributed by atoms with van der Waals surface area (Å²) in [4.78, 5) is 4.20. The van der Waals surface area contributed by atoms with Gasteiger partial charge in [0, 0.05) is 41.0 Å². The third-order valence-corrected chi connectivity index (χ3v) is 4.59. The van der Waals surface area contributed by atoms with E-state index in [0.29, 0.717) is 35.8 Å². The topological polar surface area (TPSA) is 100 Å². The van der Waals surface area contributed by atoms with Crippen molar-refractivity contribution in [3.05, 3.63) is 94.1 Å².